The molecule has 1 saturated carbocycles. The summed E-state index contributed by atoms with van der Waals surface area (Å²) in [4.78, 5) is 23.5. The molecule has 0 unspecified atom stereocenters. The van der Waals surface area contributed by atoms with E-state index in [1.807, 2.05) is 0 Å². The maximum absolute atomic E-state index is 12.1. The number of ether oxygens (including phenoxy) is 1. The van der Waals surface area contributed by atoms with Gasteiger partial charge in [0.25, 0.3) is 5.91 Å². The second-order valence-corrected chi connectivity index (χ2v) is 6.21. The van der Waals surface area contributed by atoms with Crippen LogP contribution in [0.5, 0.6) is 0 Å². The molecule has 1 fully saturated rings. The van der Waals surface area contributed by atoms with Gasteiger partial charge in [0, 0.05) is 25.4 Å². The monoisotopic (exact) mass is 306 g/mol. The molecule has 1 heterocycles. The van der Waals surface area contributed by atoms with Crippen molar-refractivity contribution in [3.8, 4) is 0 Å². The minimum absolute atomic E-state index is 0.0377. The molecule has 1 aliphatic carbocycles. The molecule has 0 bridgehead atoms. The van der Waals surface area contributed by atoms with Crippen LogP contribution in [0.25, 0.3) is 0 Å². The molecule has 1 aliphatic rings. The molecule has 0 aromatic carbocycles. The summed E-state index contributed by atoms with van der Waals surface area (Å²) in [6.07, 6.45) is 6.88. The third kappa shape index (κ3) is 4.19. The van der Waals surface area contributed by atoms with E-state index in [0.29, 0.717) is 36.4 Å². The van der Waals surface area contributed by atoms with Gasteiger partial charge in [0.15, 0.2) is 5.78 Å². The van der Waals surface area contributed by atoms with Crippen LogP contribution in [0.4, 0.5) is 0 Å². The number of aromatic nitrogens is 1. The zero-order valence-corrected chi connectivity index (χ0v) is 13.7. The minimum Gasteiger partial charge on any atom is -0.376 e. The maximum Gasteiger partial charge on any atom is 0.267 e. The normalized spacial score (nSPS) is 21.6. The first-order valence-electron chi connectivity index (χ1n) is 8.06. The highest BCUT2D eigenvalue weighted by Gasteiger charge is 2.21. The molecule has 2 atom stereocenters. The average molecular weight is 306 g/mol. The number of aryl methyl sites for hydroxylation is 1. The Bertz CT molecular complexity index is 536. The number of hydrogen-bond acceptors (Lipinski definition) is 3. The Morgan fingerprint density at radius 3 is 2.73 bits per heavy atom. The van der Waals surface area contributed by atoms with Crippen LogP contribution >= 0.6 is 0 Å². The first-order valence-corrected chi connectivity index (χ1v) is 8.06. The topological polar surface area (TPSA) is 60.3 Å². The van der Waals surface area contributed by atoms with Crippen molar-refractivity contribution in [1.29, 1.82) is 0 Å². The first kappa shape index (κ1) is 16.7. The van der Waals surface area contributed by atoms with Crippen LogP contribution in [0.15, 0.2) is 12.3 Å². The maximum atomic E-state index is 12.1. The first-order chi connectivity index (χ1) is 10.5. The van der Waals surface area contributed by atoms with Crippen LogP contribution in [0.2, 0.25) is 0 Å². The van der Waals surface area contributed by atoms with Crippen molar-refractivity contribution in [3.05, 3.63) is 23.5 Å². The largest absolute Gasteiger partial charge is 0.376 e. The molecule has 1 N–H and O–H groups in total. The number of Topliss-reactive ketones (excluding diaryl/α,β-unsaturated/α-hetero) is 1. The summed E-state index contributed by atoms with van der Waals surface area (Å²) in [6.45, 7) is 4.75. The smallest absolute Gasteiger partial charge is 0.267 e. The van der Waals surface area contributed by atoms with Crippen LogP contribution in [0, 0.1) is 5.92 Å². The fraction of sp³-hybridized carbons (Fsp3) is 0.647. The molecular weight excluding hydrogens is 280 g/mol. The lowest BCUT2D eigenvalue weighted by atomic mass is 9.88. The minimum atomic E-state index is -0.171. The van der Waals surface area contributed by atoms with Gasteiger partial charge in [0.1, 0.15) is 5.69 Å². The highest BCUT2D eigenvalue weighted by atomic mass is 16.5. The van der Waals surface area contributed by atoms with Crippen molar-refractivity contribution in [1.82, 2.24) is 9.88 Å². The fourth-order valence-electron chi connectivity index (χ4n) is 2.98. The zero-order chi connectivity index (χ0) is 16.1. The van der Waals surface area contributed by atoms with E-state index < -0.39 is 0 Å². The number of rotatable bonds is 6. The average Bonchev–Trinajstić information content (AvgIpc) is 2.87. The molecule has 5 nitrogen and oxygen atoms in total. The van der Waals surface area contributed by atoms with Gasteiger partial charge in [0.2, 0.25) is 0 Å². The molecule has 0 aliphatic heterocycles. The Morgan fingerprint density at radius 1 is 1.36 bits per heavy atom. The third-order valence-electron chi connectivity index (χ3n) is 4.40. The van der Waals surface area contributed by atoms with E-state index in [1.165, 1.54) is 26.2 Å². The Morgan fingerprint density at radius 2 is 2.09 bits per heavy atom. The fourth-order valence-corrected chi connectivity index (χ4v) is 2.98. The number of nitrogens with one attached hydrogen (secondary N) is 1. The lowest BCUT2D eigenvalue weighted by molar-refractivity contribution is -0.00296. The van der Waals surface area contributed by atoms with Gasteiger partial charge < -0.3 is 14.6 Å². The molecule has 1 aromatic heterocycles. The van der Waals surface area contributed by atoms with Gasteiger partial charge in [-0.1, -0.05) is 19.8 Å². The van der Waals surface area contributed by atoms with Crippen molar-refractivity contribution >= 4 is 11.7 Å². The summed E-state index contributed by atoms with van der Waals surface area (Å²) in [5.74, 6) is 0.398. The SMILES string of the molecule is CC(=O)c1cc(C(=O)NCCO[C@H]2CCCC[C@@H]2C)n(C)c1. The van der Waals surface area contributed by atoms with E-state index in [0.717, 1.165) is 6.42 Å². The molecule has 1 amide bonds. The summed E-state index contributed by atoms with van der Waals surface area (Å²) in [5.41, 5.74) is 1.05. The Labute approximate surface area is 132 Å². The summed E-state index contributed by atoms with van der Waals surface area (Å²) >= 11 is 0. The Kier molecular flexibility index (Phi) is 5.77. The van der Waals surface area contributed by atoms with Crippen molar-refractivity contribution in [3.63, 3.8) is 0 Å². The number of carbonyl (C=O) groups excluding carboxylic acids is 2. The number of amides is 1. The van der Waals surface area contributed by atoms with Crippen LogP contribution in [-0.2, 0) is 11.8 Å². The predicted molar refractivity (Wildman–Crippen MR) is 85.1 cm³/mol. The van der Waals surface area contributed by atoms with Gasteiger partial charge in [0.05, 0.1) is 12.7 Å². The van der Waals surface area contributed by atoms with Crippen molar-refractivity contribution < 1.29 is 14.3 Å². The lowest BCUT2D eigenvalue weighted by Gasteiger charge is -2.28. The molecule has 22 heavy (non-hydrogen) atoms. The van der Waals surface area contributed by atoms with E-state index in [1.54, 1.807) is 23.9 Å². The van der Waals surface area contributed by atoms with Crippen LogP contribution < -0.4 is 5.32 Å². The van der Waals surface area contributed by atoms with Gasteiger partial charge in [-0.3, -0.25) is 9.59 Å². The number of nitrogens with zero attached hydrogens (tertiary/aromatic N) is 1. The van der Waals surface area contributed by atoms with Crippen LogP contribution in [-0.4, -0.2) is 35.5 Å². The number of hydrogen-bond donors (Lipinski definition) is 1. The van der Waals surface area contributed by atoms with Crippen molar-refractivity contribution in [2.75, 3.05) is 13.2 Å². The van der Waals surface area contributed by atoms with Crippen LogP contribution in [0.3, 0.4) is 0 Å². The Hall–Kier alpha value is -1.62. The zero-order valence-electron chi connectivity index (χ0n) is 13.7. The molecule has 1 aromatic rings. The molecule has 0 spiro atoms. The summed E-state index contributed by atoms with van der Waals surface area (Å²) < 4.78 is 7.56. The Balaban J connectivity index is 1.77. The van der Waals surface area contributed by atoms with Crippen LogP contribution in [0.1, 0.15) is 60.4 Å². The molecule has 0 saturated heterocycles. The third-order valence-corrected chi connectivity index (χ3v) is 4.40. The summed E-state index contributed by atoms with van der Waals surface area (Å²) in [7, 11) is 1.77. The second kappa shape index (κ2) is 7.58. The number of carbonyl (C=O) groups is 2. The molecule has 122 valence electrons. The van der Waals surface area contributed by atoms with Gasteiger partial charge in [-0.2, -0.15) is 0 Å². The van der Waals surface area contributed by atoms with Crippen molar-refractivity contribution in [2.45, 2.75) is 45.6 Å². The van der Waals surface area contributed by atoms with E-state index in [-0.39, 0.29) is 11.7 Å². The van der Waals surface area contributed by atoms with Gasteiger partial charge in [-0.05, 0) is 31.7 Å². The quantitative estimate of drug-likeness (QED) is 0.649. The van der Waals surface area contributed by atoms with Gasteiger partial charge >= 0.3 is 0 Å². The lowest BCUT2D eigenvalue weighted by Crippen LogP contribution is -2.32. The summed E-state index contributed by atoms with van der Waals surface area (Å²) in [5, 5.41) is 2.85. The van der Waals surface area contributed by atoms with Crippen molar-refractivity contribution in [2.24, 2.45) is 13.0 Å². The van der Waals surface area contributed by atoms with Gasteiger partial charge in [-0.15, -0.1) is 0 Å². The molecule has 2 rings (SSSR count). The van der Waals surface area contributed by atoms with E-state index >= 15 is 0 Å². The van der Waals surface area contributed by atoms with E-state index in [9.17, 15) is 9.59 Å². The standard InChI is InChI=1S/C17H26N2O3/c1-12-6-4-5-7-16(12)22-9-8-18-17(21)15-10-14(13(2)20)11-19(15)3/h10-12,16H,4-9H2,1-3H3,(H,18,21)/t12-,16-/m0/s1. The highest BCUT2D eigenvalue weighted by molar-refractivity contribution is 5.99. The summed E-state index contributed by atoms with van der Waals surface area (Å²) in [6, 6.07) is 1.63. The predicted octanol–water partition coefficient (Wildman–Crippen LogP) is 2.55. The second-order valence-electron chi connectivity index (χ2n) is 6.21. The number of ketones is 1. The van der Waals surface area contributed by atoms with Gasteiger partial charge in [-0.25, -0.2) is 0 Å². The molecular formula is C17H26N2O3. The molecule has 0 radical (unpaired) electrons. The van der Waals surface area contributed by atoms with E-state index in [4.69, 9.17) is 4.74 Å². The highest BCUT2D eigenvalue weighted by Crippen LogP contribution is 2.25. The van der Waals surface area contributed by atoms with E-state index in [2.05, 4.69) is 12.2 Å². The molecule has 5 heteroatoms.